The van der Waals surface area contributed by atoms with Gasteiger partial charge in [-0.05, 0) is 43.6 Å². The van der Waals surface area contributed by atoms with Crippen molar-refractivity contribution in [2.45, 2.75) is 62.9 Å². The summed E-state index contributed by atoms with van der Waals surface area (Å²) in [5, 5.41) is 9.25. The standard InChI is InChI=1S/C21H35N3O2S/c1-22-20(23-12-6-13-26-18-8-14-25-15-9-18)24-17-21(10-3-2-4-11-21)19-7-5-16-27-19/h5,7,16,18H,2-4,6,8-15,17H2,1H3,(H2,22,23,24). The number of guanidine groups is 1. The molecule has 0 atom stereocenters. The van der Waals surface area contributed by atoms with Crippen molar-refractivity contribution in [1.29, 1.82) is 0 Å². The fourth-order valence-electron chi connectivity index (χ4n) is 4.16. The van der Waals surface area contributed by atoms with Gasteiger partial charge in [0.25, 0.3) is 0 Å². The zero-order chi connectivity index (χ0) is 18.8. The van der Waals surface area contributed by atoms with Crippen LogP contribution in [-0.4, -0.2) is 52.0 Å². The van der Waals surface area contributed by atoms with Crippen LogP contribution in [0.15, 0.2) is 22.5 Å². The minimum Gasteiger partial charge on any atom is -0.381 e. The van der Waals surface area contributed by atoms with Crippen LogP contribution in [0.1, 0.15) is 56.2 Å². The molecule has 27 heavy (non-hydrogen) atoms. The SMILES string of the molecule is CN=C(NCCCOC1CCOCC1)NCC1(c2cccs2)CCCCC1. The fourth-order valence-corrected chi connectivity index (χ4v) is 5.15. The zero-order valence-corrected chi connectivity index (χ0v) is 17.5. The maximum atomic E-state index is 5.94. The van der Waals surface area contributed by atoms with Crippen molar-refractivity contribution >= 4 is 17.3 Å². The molecule has 0 aromatic carbocycles. The van der Waals surface area contributed by atoms with E-state index in [-0.39, 0.29) is 5.41 Å². The van der Waals surface area contributed by atoms with Crippen molar-refractivity contribution in [2.75, 3.05) is 40.0 Å². The highest BCUT2D eigenvalue weighted by atomic mass is 32.1. The maximum Gasteiger partial charge on any atom is 0.191 e. The third-order valence-corrected chi connectivity index (χ3v) is 6.92. The van der Waals surface area contributed by atoms with Crippen LogP contribution in [0.25, 0.3) is 0 Å². The van der Waals surface area contributed by atoms with Gasteiger partial charge >= 0.3 is 0 Å². The van der Waals surface area contributed by atoms with Crippen LogP contribution in [-0.2, 0) is 14.9 Å². The third kappa shape index (κ3) is 6.19. The molecule has 2 aliphatic rings. The number of hydrogen-bond acceptors (Lipinski definition) is 4. The highest BCUT2D eigenvalue weighted by molar-refractivity contribution is 7.10. The summed E-state index contributed by atoms with van der Waals surface area (Å²) in [6, 6.07) is 4.49. The topological polar surface area (TPSA) is 54.9 Å². The lowest BCUT2D eigenvalue weighted by molar-refractivity contribution is -0.0320. The van der Waals surface area contributed by atoms with Gasteiger partial charge in [0.2, 0.25) is 0 Å². The summed E-state index contributed by atoms with van der Waals surface area (Å²) in [6.45, 7) is 4.32. The van der Waals surface area contributed by atoms with Gasteiger partial charge in [-0.25, -0.2) is 0 Å². The molecule has 1 aromatic rings. The Kier molecular flexibility index (Phi) is 8.42. The summed E-state index contributed by atoms with van der Waals surface area (Å²) < 4.78 is 11.3. The number of hydrogen-bond donors (Lipinski definition) is 2. The molecule has 0 amide bonds. The molecule has 1 aliphatic heterocycles. The molecule has 2 fully saturated rings. The number of ether oxygens (including phenoxy) is 2. The number of rotatable bonds is 8. The number of nitrogens with zero attached hydrogens (tertiary/aromatic N) is 1. The molecule has 2 heterocycles. The molecular weight excluding hydrogens is 358 g/mol. The van der Waals surface area contributed by atoms with E-state index in [0.717, 1.165) is 58.1 Å². The van der Waals surface area contributed by atoms with Gasteiger partial charge in [0.1, 0.15) is 0 Å². The fraction of sp³-hybridized carbons (Fsp3) is 0.762. The van der Waals surface area contributed by atoms with E-state index in [9.17, 15) is 0 Å². The summed E-state index contributed by atoms with van der Waals surface area (Å²) in [5.41, 5.74) is 0.274. The summed E-state index contributed by atoms with van der Waals surface area (Å²) in [7, 11) is 1.85. The molecular formula is C21H35N3O2S. The van der Waals surface area contributed by atoms with Crippen molar-refractivity contribution in [1.82, 2.24) is 10.6 Å². The molecule has 5 nitrogen and oxygen atoms in total. The number of thiophene rings is 1. The Labute approximate surface area is 167 Å². The summed E-state index contributed by atoms with van der Waals surface area (Å²) in [6.07, 6.45) is 10.0. The molecule has 6 heteroatoms. The predicted molar refractivity (Wildman–Crippen MR) is 113 cm³/mol. The Morgan fingerprint density at radius 3 is 2.78 bits per heavy atom. The van der Waals surface area contributed by atoms with E-state index in [1.165, 1.54) is 37.0 Å². The smallest absolute Gasteiger partial charge is 0.191 e. The van der Waals surface area contributed by atoms with Crippen LogP contribution in [0.2, 0.25) is 0 Å². The molecule has 0 bridgehead atoms. The maximum absolute atomic E-state index is 5.94. The Bertz CT molecular complexity index is 550. The van der Waals surface area contributed by atoms with Crippen molar-refractivity contribution in [2.24, 2.45) is 4.99 Å². The van der Waals surface area contributed by atoms with Gasteiger partial charge < -0.3 is 20.1 Å². The van der Waals surface area contributed by atoms with E-state index in [1.807, 2.05) is 18.4 Å². The lowest BCUT2D eigenvalue weighted by Gasteiger charge is -2.37. The average Bonchev–Trinajstić information content (AvgIpc) is 3.27. The lowest BCUT2D eigenvalue weighted by Crippen LogP contribution is -2.46. The van der Waals surface area contributed by atoms with Crippen LogP contribution in [0, 0.1) is 0 Å². The first-order chi connectivity index (χ1) is 13.3. The lowest BCUT2D eigenvalue weighted by atomic mass is 9.73. The van der Waals surface area contributed by atoms with Crippen molar-refractivity contribution in [3.05, 3.63) is 22.4 Å². The molecule has 3 rings (SSSR count). The van der Waals surface area contributed by atoms with Crippen molar-refractivity contribution in [3.8, 4) is 0 Å². The van der Waals surface area contributed by atoms with Crippen LogP contribution >= 0.6 is 11.3 Å². The van der Waals surface area contributed by atoms with Gasteiger partial charge in [-0.15, -0.1) is 11.3 Å². The molecule has 2 N–H and O–H groups in total. The van der Waals surface area contributed by atoms with E-state index >= 15 is 0 Å². The Hall–Kier alpha value is -1.11. The van der Waals surface area contributed by atoms with Crippen LogP contribution in [0.5, 0.6) is 0 Å². The van der Waals surface area contributed by atoms with E-state index in [4.69, 9.17) is 9.47 Å². The molecule has 1 saturated heterocycles. The van der Waals surface area contributed by atoms with Gasteiger partial charge in [-0.2, -0.15) is 0 Å². The second kappa shape index (κ2) is 11.0. The van der Waals surface area contributed by atoms with Crippen LogP contribution < -0.4 is 10.6 Å². The summed E-state index contributed by atoms with van der Waals surface area (Å²) >= 11 is 1.90. The largest absolute Gasteiger partial charge is 0.381 e. The zero-order valence-electron chi connectivity index (χ0n) is 16.7. The third-order valence-electron chi connectivity index (χ3n) is 5.81. The molecule has 1 saturated carbocycles. The Balaban J connectivity index is 1.39. The molecule has 0 radical (unpaired) electrons. The Morgan fingerprint density at radius 2 is 2.07 bits per heavy atom. The van der Waals surface area contributed by atoms with Gasteiger partial charge in [0.15, 0.2) is 5.96 Å². The second-order valence-corrected chi connectivity index (χ2v) is 8.65. The van der Waals surface area contributed by atoms with Crippen molar-refractivity contribution < 1.29 is 9.47 Å². The summed E-state index contributed by atoms with van der Waals surface area (Å²) in [5.74, 6) is 0.905. The molecule has 1 aromatic heterocycles. The van der Waals surface area contributed by atoms with E-state index in [1.54, 1.807) is 0 Å². The van der Waals surface area contributed by atoms with Crippen molar-refractivity contribution in [3.63, 3.8) is 0 Å². The number of aliphatic imine (C=N–C) groups is 1. The number of nitrogens with one attached hydrogen (secondary N) is 2. The van der Waals surface area contributed by atoms with Gasteiger partial charge in [-0.3, -0.25) is 4.99 Å². The normalized spacial score (nSPS) is 21.1. The first-order valence-corrected chi connectivity index (χ1v) is 11.4. The highest BCUT2D eigenvalue weighted by Crippen LogP contribution is 2.41. The predicted octanol–water partition coefficient (Wildman–Crippen LogP) is 3.70. The van der Waals surface area contributed by atoms with Gasteiger partial charge in [0.05, 0.1) is 6.10 Å². The van der Waals surface area contributed by atoms with Gasteiger partial charge in [-0.1, -0.05) is 25.3 Å². The van der Waals surface area contributed by atoms with Crippen LogP contribution in [0.3, 0.4) is 0 Å². The monoisotopic (exact) mass is 393 g/mol. The molecule has 0 unspecified atom stereocenters. The molecule has 0 spiro atoms. The average molecular weight is 394 g/mol. The van der Waals surface area contributed by atoms with E-state index in [0.29, 0.717) is 6.10 Å². The first kappa shape index (κ1) is 20.6. The Morgan fingerprint density at radius 1 is 1.26 bits per heavy atom. The van der Waals surface area contributed by atoms with E-state index < -0.39 is 0 Å². The molecule has 1 aliphatic carbocycles. The molecule has 152 valence electrons. The minimum atomic E-state index is 0.274. The second-order valence-electron chi connectivity index (χ2n) is 7.71. The van der Waals surface area contributed by atoms with Gasteiger partial charge in [0, 0.05) is 50.2 Å². The van der Waals surface area contributed by atoms with E-state index in [2.05, 4.69) is 33.1 Å². The quantitative estimate of drug-likeness (QED) is 0.402. The highest BCUT2D eigenvalue weighted by Gasteiger charge is 2.34. The summed E-state index contributed by atoms with van der Waals surface area (Å²) in [4.78, 5) is 5.94. The minimum absolute atomic E-state index is 0.274. The first-order valence-electron chi connectivity index (χ1n) is 10.5. The van der Waals surface area contributed by atoms with Crippen LogP contribution in [0.4, 0.5) is 0 Å².